The molecule has 0 aliphatic carbocycles. The average molecular weight is 310 g/mol. The van der Waals surface area contributed by atoms with Crippen LogP contribution in [0.4, 0.5) is 5.69 Å². The highest BCUT2D eigenvalue weighted by molar-refractivity contribution is 7.90. The number of aliphatic hydroxyl groups is 1. The Labute approximate surface area is 126 Å². The summed E-state index contributed by atoms with van der Waals surface area (Å²) in [5.41, 5.74) is 1.34. The third kappa shape index (κ3) is 2.80. The van der Waals surface area contributed by atoms with Crippen LogP contribution < -0.4 is 4.31 Å². The Balaban J connectivity index is 1.94. The minimum Gasteiger partial charge on any atom is -0.388 e. The van der Waals surface area contributed by atoms with E-state index in [1.807, 2.05) is 18.2 Å². The molecule has 1 saturated heterocycles. The second-order valence-electron chi connectivity index (χ2n) is 5.76. The zero-order chi connectivity index (χ0) is 14.9. The van der Waals surface area contributed by atoms with Crippen LogP contribution in [0.15, 0.2) is 24.3 Å². The first kappa shape index (κ1) is 14.8. The normalized spacial score (nSPS) is 24.4. The van der Waals surface area contributed by atoms with Gasteiger partial charge in [-0.25, -0.2) is 0 Å². The van der Waals surface area contributed by atoms with Crippen molar-refractivity contribution in [3.05, 3.63) is 29.8 Å². The lowest BCUT2D eigenvalue weighted by molar-refractivity contribution is 0.166. The first-order valence-corrected chi connectivity index (χ1v) is 9.05. The number of rotatable bonds is 2. The molecule has 2 aliphatic heterocycles. The summed E-state index contributed by atoms with van der Waals surface area (Å²) in [5, 5.41) is 10.1. The van der Waals surface area contributed by atoms with Crippen LogP contribution in [-0.2, 0) is 10.2 Å². The summed E-state index contributed by atoms with van der Waals surface area (Å²) >= 11 is 0. The minimum absolute atomic E-state index is 0.344. The quantitative estimate of drug-likeness (QED) is 0.909. The second-order valence-corrected chi connectivity index (χ2v) is 7.61. The molecular weight excluding hydrogens is 288 g/mol. The van der Waals surface area contributed by atoms with Crippen LogP contribution in [0.5, 0.6) is 0 Å². The lowest BCUT2D eigenvalue weighted by Crippen LogP contribution is -2.46. The van der Waals surface area contributed by atoms with Crippen LogP contribution >= 0.6 is 0 Å². The first-order chi connectivity index (χ1) is 10.1. The predicted octanol–water partition coefficient (Wildman–Crippen LogP) is 2.05. The van der Waals surface area contributed by atoms with Gasteiger partial charge in [0, 0.05) is 25.2 Å². The van der Waals surface area contributed by atoms with Gasteiger partial charge in [0.2, 0.25) is 0 Å². The van der Waals surface area contributed by atoms with Gasteiger partial charge in [-0.1, -0.05) is 31.0 Å². The van der Waals surface area contributed by atoms with E-state index in [2.05, 4.69) is 0 Å². The summed E-state index contributed by atoms with van der Waals surface area (Å²) in [4.78, 5) is 0. The van der Waals surface area contributed by atoms with Crippen molar-refractivity contribution in [1.82, 2.24) is 4.31 Å². The van der Waals surface area contributed by atoms with Gasteiger partial charge in [0.1, 0.15) is 0 Å². The predicted molar refractivity (Wildman–Crippen MR) is 82.3 cm³/mol. The van der Waals surface area contributed by atoms with Crippen LogP contribution in [-0.4, -0.2) is 37.5 Å². The minimum atomic E-state index is -3.49. The summed E-state index contributed by atoms with van der Waals surface area (Å²) in [5.74, 6) is 0. The smallest absolute Gasteiger partial charge is 0.304 e. The lowest BCUT2D eigenvalue weighted by Gasteiger charge is -2.36. The number of nitrogens with zero attached hydrogens (tertiary/aromatic N) is 2. The summed E-state index contributed by atoms with van der Waals surface area (Å²) < 4.78 is 28.9. The highest BCUT2D eigenvalue weighted by Gasteiger charge is 2.35. The molecule has 0 bridgehead atoms. The standard InChI is InChI=1S/C15H22N2O3S/c18-15-9-12-17(14-8-4-3-7-13(14)15)21(19,20)16-10-5-1-2-6-11-16/h3-4,7-8,15,18H,1-2,5-6,9-12H2. The second kappa shape index (κ2) is 5.94. The van der Waals surface area contributed by atoms with Gasteiger partial charge in [-0.15, -0.1) is 0 Å². The molecule has 1 atom stereocenters. The summed E-state index contributed by atoms with van der Waals surface area (Å²) in [6.07, 6.45) is 3.93. The molecule has 0 aromatic heterocycles. The van der Waals surface area contributed by atoms with Crippen LogP contribution in [0.25, 0.3) is 0 Å². The molecule has 1 unspecified atom stereocenters. The first-order valence-electron chi connectivity index (χ1n) is 7.65. The Morgan fingerprint density at radius 2 is 1.67 bits per heavy atom. The SMILES string of the molecule is O=S(=O)(N1CCCCCC1)N1CCC(O)c2ccccc21. The number of aliphatic hydroxyl groups excluding tert-OH is 1. The van der Waals surface area contributed by atoms with Crippen molar-refractivity contribution in [3.63, 3.8) is 0 Å². The van der Waals surface area contributed by atoms with Crippen molar-refractivity contribution in [2.45, 2.75) is 38.2 Å². The van der Waals surface area contributed by atoms with E-state index >= 15 is 0 Å². The number of hydrogen-bond acceptors (Lipinski definition) is 3. The fourth-order valence-electron chi connectivity index (χ4n) is 3.16. The molecule has 0 spiro atoms. The van der Waals surface area contributed by atoms with Crippen LogP contribution in [0.3, 0.4) is 0 Å². The van der Waals surface area contributed by atoms with Crippen LogP contribution in [0.1, 0.15) is 43.8 Å². The maximum absolute atomic E-state index is 12.9. The molecule has 1 aromatic rings. The Kier molecular flexibility index (Phi) is 4.19. The highest BCUT2D eigenvalue weighted by Crippen LogP contribution is 2.36. The lowest BCUT2D eigenvalue weighted by atomic mass is 10.0. The van der Waals surface area contributed by atoms with Gasteiger partial charge in [0.05, 0.1) is 11.8 Å². The zero-order valence-electron chi connectivity index (χ0n) is 12.1. The molecule has 5 nitrogen and oxygen atoms in total. The van der Waals surface area contributed by atoms with E-state index in [0.29, 0.717) is 37.3 Å². The third-order valence-corrected chi connectivity index (χ3v) is 6.29. The van der Waals surface area contributed by atoms with Crippen molar-refractivity contribution >= 4 is 15.9 Å². The molecule has 2 heterocycles. The average Bonchev–Trinajstić information content (AvgIpc) is 2.77. The molecule has 0 amide bonds. The molecule has 6 heteroatoms. The number of fused-ring (bicyclic) bond motifs is 1. The van der Waals surface area contributed by atoms with Gasteiger partial charge in [0.25, 0.3) is 0 Å². The maximum Gasteiger partial charge on any atom is 0.304 e. The third-order valence-electron chi connectivity index (χ3n) is 4.34. The fourth-order valence-corrected chi connectivity index (χ4v) is 4.91. The molecule has 1 N–H and O–H groups in total. The number of para-hydroxylation sites is 1. The molecular formula is C15H22N2O3S. The van der Waals surface area contributed by atoms with Gasteiger partial charge < -0.3 is 5.11 Å². The van der Waals surface area contributed by atoms with Crippen LogP contribution in [0.2, 0.25) is 0 Å². The number of benzene rings is 1. The van der Waals surface area contributed by atoms with E-state index in [9.17, 15) is 13.5 Å². The Bertz CT molecular complexity index is 595. The Morgan fingerprint density at radius 3 is 2.38 bits per heavy atom. The monoisotopic (exact) mass is 310 g/mol. The zero-order valence-corrected chi connectivity index (χ0v) is 12.9. The van der Waals surface area contributed by atoms with Gasteiger partial charge in [0.15, 0.2) is 0 Å². The van der Waals surface area contributed by atoms with E-state index in [1.165, 1.54) is 4.31 Å². The Hall–Kier alpha value is -1.11. The van der Waals surface area contributed by atoms with Crippen molar-refractivity contribution < 1.29 is 13.5 Å². The fraction of sp³-hybridized carbons (Fsp3) is 0.600. The topological polar surface area (TPSA) is 60.9 Å². The molecule has 0 saturated carbocycles. The largest absolute Gasteiger partial charge is 0.388 e. The van der Waals surface area contributed by atoms with E-state index in [0.717, 1.165) is 25.7 Å². The van der Waals surface area contributed by atoms with Gasteiger partial charge >= 0.3 is 10.2 Å². The van der Waals surface area contributed by atoms with Crippen LogP contribution in [0, 0.1) is 0 Å². The van der Waals surface area contributed by atoms with Gasteiger partial charge in [-0.2, -0.15) is 12.7 Å². The molecule has 0 radical (unpaired) electrons. The molecule has 116 valence electrons. The van der Waals surface area contributed by atoms with E-state index in [4.69, 9.17) is 0 Å². The van der Waals surface area contributed by atoms with Crippen molar-refractivity contribution in [2.24, 2.45) is 0 Å². The number of anilines is 1. The summed E-state index contributed by atoms with van der Waals surface area (Å²) in [6, 6.07) is 7.25. The maximum atomic E-state index is 12.9. The van der Waals surface area contributed by atoms with E-state index in [-0.39, 0.29) is 0 Å². The van der Waals surface area contributed by atoms with Crippen molar-refractivity contribution in [1.29, 1.82) is 0 Å². The van der Waals surface area contributed by atoms with E-state index in [1.54, 1.807) is 10.4 Å². The van der Waals surface area contributed by atoms with E-state index < -0.39 is 16.3 Å². The van der Waals surface area contributed by atoms with Crippen molar-refractivity contribution in [2.75, 3.05) is 23.9 Å². The summed E-state index contributed by atoms with van der Waals surface area (Å²) in [6.45, 7) is 1.55. The molecule has 1 fully saturated rings. The molecule has 21 heavy (non-hydrogen) atoms. The molecule has 3 rings (SSSR count). The Morgan fingerprint density at radius 1 is 1.00 bits per heavy atom. The molecule has 1 aromatic carbocycles. The molecule has 2 aliphatic rings. The van der Waals surface area contributed by atoms with Gasteiger partial charge in [-0.05, 0) is 25.3 Å². The highest BCUT2D eigenvalue weighted by atomic mass is 32.2. The van der Waals surface area contributed by atoms with Crippen molar-refractivity contribution in [3.8, 4) is 0 Å². The van der Waals surface area contributed by atoms with Gasteiger partial charge in [-0.3, -0.25) is 4.31 Å². The summed E-state index contributed by atoms with van der Waals surface area (Å²) in [7, 11) is -3.49. The number of hydrogen-bond donors (Lipinski definition) is 1.